The highest BCUT2D eigenvalue weighted by molar-refractivity contribution is 5.78. The summed E-state index contributed by atoms with van der Waals surface area (Å²) in [6.07, 6.45) is 4.89. The maximum atomic E-state index is 11.5. The molecule has 1 heterocycles. The molecule has 1 fully saturated rings. The first-order valence-corrected chi connectivity index (χ1v) is 7.45. The minimum absolute atomic E-state index is 0.102. The molecule has 0 bridgehead atoms. The van der Waals surface area contributed by atoms with Crippen molar-refractivity contribution in [2.24, 2.45) is 0 Å². The fourth-order valence-electron chi connectivity index (χ4n) is 2.07. The van der Waals surface area contributed by atoms with Crippen LogP contribution in [0.2, 0.25) is 0 Å². The van der Waals surface area contributed by atoms with Crippen LogP contribution in [0, 0.1) is 0 Å². The fourth-order valence-corrected chi connectivity index (χ4v) is 2.07. The first-order chi connectivity index (χ1) is 8.93. The van der Waals surface area contributed by atoms with Gasteiger partial charge in [-0.2, -0.15) is 0 Å². The van der Waals surface area contributed by atoms with Crippen molar-refractivity contribution in [1.82, 2.24) is 9.80 Å². The van der Waals surface area contributed by atoms with Gasteiger partial charge in [0.1, 0.15) is 0 Å². The number of amides is 2. The van der Waals surface area contributed by atoms with Crippen molar-refractivity contribution >= 4 is 11.8 Å². The number of carbonyl (C=O) groups is 2. The number of carbonyl (C=O) groups excluding carboxylic acids is 2. The second-order valence-electron chi connectivity index (χ2n) is 5.33. The Hall–Kier alpha value is -1.06. The number of hydrogen-bond acceptors (Lipinski definition) is 2. The van der Waals surface area contributed by atoms with Crippen molar-refractivity contribution in [3.63, 3.8) is 0 Å². The standard InChI is InChI=1S/C12H22N2O2.C3H8/c1-10(14-9-5-7-12(14)16)6-4-8-13(3)11(2)15;1-3-2/h10H,4-9H2,1-3H3;3H2,1-2H3. The molecule has 19 heavy (non-hydrogen) atoms. The van der Waals surface area contributed by atoms with Gasteiger partial charge in [0, 0.05) is 39.5 Å². The maximum absolute atomic E-state index is 11.5. The van der Waals surface area contributed by atoms with Gasteiger partial charge in [-0.1, -0.05) is 20.3 Å². The van der Waals surface area contributed by atoms with E-state index in [4.69, 9.17) is 0 Å². The van der Waals surface area contributed by atoms with Crippen LogP contribution >= 0.6 is 0 Å². The molecule has 4 heteroatoms. The fraction of sp³-hybridized carbons (Fsp3) is 0.867. The molecular weight excluding hydrogens is 240 g/mol. The van der Waals surface area contributed by atoms with Gasteiger partial charge in [-0.05, 0) is 26.2 Å². The third-order valence-corrected chi connectivity index (χ3v) is 3.30. The van der Waals surface area contributed by atoms with E-state index < -0.39 is 0 Å². The zero-order chi connectivity index (χ0) is 14.8. The molecule has 0 radical (unpaired) electrons. The Morgan fingerprint density at radius 1 is 1.42 bits per heavy atom. The summed E-state index contributed by atoms with van der Waals surface area (Å²) in [5, 5.41) is 0. The lowest BCUT2D eigenvalue weighted by molar-refractivity contribution is -0.130. The summed E-state index contributed by atoms with van der Waals surface area (Å²) in [5.41, 5.74) is 0. The van der Waals surface area contributed by atoms with E-state index in [1.54, 1.807) is 11.8 Å². The minimum atomic E-state index is 0.102. The van der Waals surface area contributed by atoms with E-state index in [-0.39, 0.29) is 11.8 Å². The normalized spacial score (nSPS) is 15.8. The van der Waals surface area contributed by atoms with Crippen LogP contribution in [0.5, 0.6) is 0 Å². The van der Waals surface area contributed by atoms with Gasteiger partial charge in [0.25, 0.3) is 0 Å². The van der Waals surface area contributed by atoms with Gasteiger partial charge in [-0.15, -0.1) is 0 Å². The van der Waals surface area contributed by atoms with Crippen molar-refractivity contribution in [1.29, 1.82) is 0 Å². The molecule has 0 saturated carbocycles. The number of rotatable bonds is 5. The van der Waals surface area contributed by atoms with Crippen LogP contribution in [-0.4, -0.2) is 47.8 Å². The van der Waals surface area contributed by atoms with Crippen LogP contribution < -0.4 is 0 Å². The summed E-state index contributed by atoms with van der Waals surface area (Å²) < 4.78 is 0. The van der Waals surface area contributed by atoms with Gasteiger partial charge in [-0.3, -0.25) is 9.59 Å². The molecule has 0 aromatic carbocycles. The lowest BCUT2D eigenvalue weighted by atomic mass is 10.1. The van der Waals surface area contributed by atoms with E-state index in [0.717, 1.165) is 32.4 Å². The zero-order valence-electron chi connectivity index (χ0n) is 13.2. The molecule has 1 rings (SSSR count). The molecule has 0 aromatic heterocycles. The average molecular weight is 270 g/mol. The third-order valence-electron chi connectivity index (χ3n) is 3.30. The Morgan fingerprint density at radius 2 is 2.00 bits per heavy atom. The van der Waals surface area contributed by atoms with Crippen LogP contribution in [0.1, 0.15) is 59.8 Å². The molecule has 0 aliphatic carbocycles. The Kier molecular flexibility index (Phi) is 9.27. The summed E-state index contributed by atoms with van der Waals surface area (Å²) >= 11 is 0. The molecule has 1 atom stereocenters. The summed E-state index contributed by atoms with van der Waals surface area (Å²) in [4.78, 5) is 26.2. The minimum Gasteiger partial charge on any atom is -0.346 e. The molecule has 0 spiro atoms. The SMILES string of the molecule is CC(=O)N(C)CCCC(C)N1CCCC1=O.CCC. The van der Waals surface area contributed by atoms with Crippen LogP contribution in [0.4, 0.5) is 0 Å². The average Bonchev–Trinajstić information content (AvgIpc) is 2.76. The van der Waals surface area contributed by atoms with Crippen molar-refractivity contribution in [3.8, 4) is 0 Å². The van der Waals surface area contributed by atoms with Crippen molar-refractivity contribution in [3.05, 3.63) is 0 Å². The van der Waals surface area contributed by atoms with Crippen LogP contribution in [0.15, 0.2) is 0 Å². The van der Waals surface area contributed by atoms with Gasteiger partial charge >= 0.3 is 0 Å². The quantitative estimate of drug-likeness (QED) is 0.770. The van der Waals surface area contributed by atoms with Crippen LogP contribution in [0.25, 0.3) is 0 Å². The highest BCUT2D eigenvalue weighted by Gasteiger charge is 2.24. The topological polar surface area (TPSA) is 40.6 Å². The Balaban J connectivity index is 0.000000982. The predicted molar refractivity (Wildman–Crippen MR) is 78.9 cm³/mol. The van der Waals surface area contributed by atoms with Crippen LogP contribution in [-0.2, 0) is 9.59 Å². The summed E-state index contributed by atoms with van der Waals surface area (Å²) in [6.45, 7) is 9.61. The van der Waals surface area contributed by atoms with E-state index in [1.807, 2.05) is 11.9 Å². The molecule has 1 aliphatic rings. The van der Waals surface area contributed by atoms with E-state index in [1.165, 1.54) is 6.42 Å². The van der Waals surface area contributed by atoms with Crippen molar-refractivity contribution in [2.45, 2.75) is 65.8 Å². The number of nitrogens with zero attached hydrogens (tertiary/aromatic N) is 2. The van der Waals surface area contributed by atoms with Crippen LogP contribution in [0.3, 0.4) is 0 Å². The van der Waals surface area contributed by atoms with Crippen molar-refractivity contribution in [2.75, 3.05) is 20.1 Å². The van der Waals surface area contributed by atoms with E-state index in [0.29, 0.717) is 12.5 Å². The maximum Gasteiger partial charge on any atom is 0.222 e. The van der Waals surface area contributed by atoms with E-state index >= 15 is 0 Å². The smallest absolute Gasteiger partial charge is 0.222 e. The zero-order valence-corrected chi connectivity index (χ0v) is 13.2. The summed E-state index contributed by atoms with van der Waals surface area (Å²) in [6, 6.07) is 0.315. The first-order valence-electron chi connectivity index (χ1n) is 7.45. The number of hydrogen-bond donors (Lipinski definition) is 0. The largest absolute Gasteiger partial charge is 0.346 e. The number of likely N-dealkylation sites (tertiary alicyclic amines) is 1. The summed E-state index contributed by atoms with van der Waals surface area (Å²) in [7, 11) is 1.81. The molecule has 112 valence electrons. The van der Waals surface area contributed by atoms with E-state index in [9.17, 15) is 9.59 Å². The molecule has 0 N–H and O–H groups in total. The second-order valence-corrected chi connectivity index (χ2v) is 5.33. The lowest BCUT2D eigenvalue weighted by Gasteiger charge is -2.25. The molecule has 4 nitrogen and oxygen atoms in total. The Bertz CT molecular complexity index is 279. The molecule has 1 unspecified atom stereocenters. The lowest BCUT2D eigenvalue weighted by Crippen LogP contribution is -2.34. The van der Waals surface area contributed by atoms with Gasteiger partial charge in [0.15, 0.2) is 0 Å². The molecular formula is C15H30N2O2. The monoisotopic (exact) mass is 270 g/mol. The van der Waals surface area contributed by atoms with Gasteiger partial charge < -0.3 is 9.80 Å². The van der Waals surface area contributed by atoms with Crippen molar-refractivity contribution < 1.29 is 9.59 Å². The Labute approximate surface area is 118 Å². The highest BCUT2D eigenvalue weighted by Crippen LogP contribution is 2.16. The summed E-state index contributed by atoms with van der Waals surface area (Å²) in [5.74, 6) is 0.386. The molecule has 1 aliphatic heterocycles. The second kappa shape index (κ2) is 9.82. The van der Waals surface area contributed by atoms with Gasteiger partial charge in [-0.25, -0.2) is 0 Å². The highest BCUT2D eigenvalue weighted by atomic mass is 16.2. The van der Waals surface area contributed by atoms with Gasteiger partial charge in [0.2, 0.25) is 11.8 Å². The Morgan fingerprint density at radius 3 is 2.42 bits per heavy atom. The van der Waals surface area contributed by atoms with E-state index in [2.05, 4.69) is 20.8 Å². The first kappa shape index (κ1) is 17.9. The molecule has 0 aromatic rings. The molecule has 2 amide bonds. The van der Waals surface area contributed by atoms with Gasteiger partial charge in [0.05, 0.1) is 0 Å². The molecule has 1 saturated heterocycles. The predicted octanol–water partition coefficient (Wildman–Crippen LogP) is 2.67. The third kappa shape index (κ3) is 7.19.